The highest BCUT2D eigenvalue weighted by atomic mass is 16.6. The van der Waals surface area contributed by atoms with E-state index < -0.39 is 124 Å². The van der Waals surface area contributed by atoms with Gasteiger partial charge >= 0.3 is 30.0 Å². The van der Waals surface area contributed by atoms with E-state index in [1.54, 1.807) is 52.8 Å². The summed E-state index contributed by atoms with van der Waals surface area (Å²) < 4.78 is 35.3. The Kier molecular flexibility index (Phi) is 12.3. The first kappa shape index (κ1) is 45.7. The van der Waals surface area contributed by atoms with Crippen LogP contribution in [-0.4, -0.2) is 123 Å². The second kappa shape index (κ2) is 15.9. The molecule has 17 nitrogen and oxygen atoms in total. The zero-order chi connectivity index (χ0) is 44.4. The average Bonchev–Trinajstić information content (AvgIpc) is 3.12. The number of esters is 4. The fourth-order valence-electron chi connectivity index (χ4n) is 9.68. The highest BCUT2D eigenvalue weighted by Gasteiger charge is 2.79. The standard InChI is InChI=1S/C42H58N2O15/c1-19(2)27(44-37(52)59-38(6,7)8)28(48)36(51)56-29-20(3)26-30(55-21(4)45)33(49)40(11)24(47)17-25-41(18-54-25,58-22(5)46)31(40)34(42(53,32(29)43)39(26,9)10)57-35(50)23-15-13-12-14-16-23/h12-16,19,24-25,27-32,34,47-48,53H,17-18,43H2,1-11H3,(H,44,52)/t24-,25+,27-,28+,29+,30+,31-,32-,34-,40+,41-,42+/m0/s1. The molecule has 1 aromatic rings. The first-order chi connectivity index (χ1) is 27.2. The van der Waals surface area contributed by atoms with Crippen molar-refractivity contribution in [3.63, 3.8) is 0 Å². The zero-order valence-electron chi connectivity index (χ0n) is 35.4. The maximum atomic E-state index is 15.4. The minimum absolute atomic E-state index is 0.0285. The summed E-state index contributed by atoms with van der Waals surface area (Å²) in [5.41, 5.74) is -2.19. The molecular formula is C42H58N2O15. The van der Waals surface area contributed by atoms with Gasteiger partial charge in [-0.2, -0.15) is 0 Å². The largest absolute Gasteiger partial charge is 0.455 e. The molecule has 0 aromatic heterocycles. The van der Waals surface area contributed by atoms with E-state index in [1.807, 2.05) is 0 Å². The normalized spacial score (nSPS) is 34.6. The number of carbonyl (C=O) groups is 6. The molecule has 5 rings (SSSR count). The van der Waals surface area contributed by atoms with Crippen molar-refractivity contribution in [1.29, 1.82) is 0 Å². The van der Waals surface area contributed by atoms with E-state index in [0.29, 0.717) is 0 Å². The lowest BCUT2D eigenvalue weighted by molar-refractivity contribution is -0.347. The van der Waals surface area contributed by atoms with E-state index >= 15 is 4.79 Å². The Hall–Kier alpha value is -4.42. The third kappa shape index (κ3) is 7.64. The van der Waals surface area contributed by atoms with Gasteiger partial charge in [0.15, 0.2) is 23.6 Å². The molecule has 12 atom stereocenters. The number of aliphatic hydroxyl groups excluding tert-OH is 2. The second-order valence-corrected chi connectivity index (χ2v) is 18.2. The molecule has 0 radical (unpaired) electrons. The Morgan fingerprint density at radius 1 is 0.983 bits per heavy atom. The predicted molar refractivity (Wildman–Crippen MR) is 206 cm³/mol. The van der Waals surface area contributed by atoms with Gasteiger partial charge in [-0.15, -0.1) is 0 Å². The SMILES string of the molecule is CC(=O)O[C@H]1C(=O)[C@@]2(C)[C@H]([C@H](OC(=O)c3ccccc3)[C@]3(O)[C@@H](N)[C@H](OC(=O)[C@H](O)[C@@H](NC(=O)OC(C)(C)C)C(C)C)C(C)=C1C3(C)C)[C@]1(OC(C)=O)CO[C@@H]1C[C@@H]2O. The highest BCUT2D eigenvalue weighted by molar-refractivity contribution is 5.95. The topological polar surface area (TPSA) is 257 Å². The summed E-state index contributed by atoms with van der Waals surface area (Å²) in [5, 5.41) is 39.7. The maximum absolute atomic E-state index is 15.4. The number of benzene rings is 1. The highest BCUT2D eigenvalue weighted by Crippen LogP contribution is 2.64. The quantitative estimate of drug-likeness (QED) is 0.136. The van der Waals surface area contributed by atoms with E-state index in [2.05, 4.69) is 5.32 Å². The number of nitrogens with one attached hydrogen (secondary N) is 1. The van der Waals surface area contributed by atoms with Gasteiger partial charge in [0.2, 0.25) is 0 Å². The second-order valence-electron chi connectivity index (χ2n) is 18.2. The van der Waals surface area contributed by atoms with Gasteiger partial charge < -0.3 is 54.8 Å². The molecule has 59 heavy (non-hydrogen) atoms. The predicted octanol–water partition coefficient (Wildman–Crippen LogP) is 2.05. The third-order valence-corrected chi connectivity index (χ3v) is 12.6. The van der Waals surface area contributed by atoms with E-state index in [4.69, 9.17) is 34.2 Å². The summed E-state index contributed by atoms with van der Waals surface area (Å²) in [6.45, 7) is 15.8. The fourth-order valence-corrected chi connectivity index (χ4v) is 9.68. The molecule has 3 fully saturated rings. The van der Waals surface area contributed by atoms with Gasteiger partial charge in [0.25, 0.3) is 0 Å². The number of ketones is 1. The van der Waals surface area contributed by atoms with Crippen LogP contribution in [0.25, 0.3) is 0 Å². The Balaban J connectivity index is 1.76. The maximum Gasteiger partial charge on any atom is 0.407 e. The molecule has 2 saturated carbocycles. The van der Waals surface area contributed by atoms with Crippen LogP contribution in [0.15, 0.2) is 41.5 Å². The lowest BCUT2D eigenvalue weighted by Gasteiger charge is -2.68. The van der Waals surface area contributed by atoms with Crippen LogP contribution in [0.4, 0.5) is 4.79 Å². The van der Waals surface area contributed by atoms with Crippen LogP contribution < -0.4 is 11.1 Å². The summed E-state index contributed by atoms with van der Waals surface area (Å²) in [5.74, 6) is -7.11. The molecule has 2 bridgehead atoms. The number of ether oxygens (including phenoxy) is 6. The molecule has 0 spiro atoms. The summed E-state index contributed by atoms with van der Waals surface area (Å²) in [6, 6.07) is 4.68. The number of nitrogens with two attached hydrogens (primary N) is 1. The Labute approximate surface area is 343 Å². The minimum Gasteiger partial charge on any atom is -0.455 e. The van der Waals surface area contributed by atoms with Crippen LogP contribution >= 0.6 is 0 Å². The van der Waals surface area contributed by atoms with Gasteiger partial charge in [-0.1, -0.05) is 45.9 Å². The number of hydrogen-bond donors (Lipinski definition) is 5. The number of Topliss-reactive ketones (excluding diaryl/α,β-unsaturated/α-hetero) is 1. The lowest BCUT2D eigenvalue weighted by atomic mass is 9.44. The first-order valence-electron chi connectivity index (χ1n) is 19.7. The number of aliphatic hydroxyl groups is 3. The van der Waals surface area contributed by atoms with Gasteiger partial charge in [-0.25, -0.2) is 14.4 Å². The molecule has 326 valence electrons. The number of alkyl carbamates (subject to hydrolysis) is 1. The van der Waals surface area contributed by atoms with Crippen molar-refractivity contribution in [3.8, 4) is 0 Å². The van der Waals surface area contributed by atoms with Crippen LogP contribution in [0.1, 0.15) is 92.9 Å². The summed E-state index contributed by atoms with van der Waals surface area (Å²) in [6.07, 6.45) is -11.4. The fraction of sp³-hybridized carbons (Fsp3) is 0.667. The number of hydrogen-bond acceptors (Lipinski definition) is 16. The number of rotatable bonds is 9. The van der Waals surface area contributed by atoms with Gasteiger partial charge in [-0.05, 0) is 63.8 Å². The Morgan fingerprint density at radius 2 is 1.59 bits per heavy atom. The average molecular weight is 831 g/mol. The Bertz CT molecular complexity index is 1890. The van der Waals surface area contributed by atoms with E-state index in [0.717, 1.165) is 13.8 Å². The number of amides is 1. The summed E-state index contributed by atoms with van der Waals surface area (Å²) in [4.78, 5) is 82.4. The van der Waals surface area contributed by atoms with Crippen LogP contribution in [0, 0.1) is 22.7 Å². The molecule has 17 heteroatoms. The molecular weight excluding hydrogens is 772 g/mol. The van der Waals surface area contributed by atoms with Crippen LogP contribution in [0.2, 0.25) is 0 Å². The van der Waals surface area contributed by atoms with Crippen molar-refractivity contribution in [2.75, 3.05) is 6.61 Å². The summed E-state index contributed by atoms with van der Waals surface area (Å²) >= 11 is 0. The molecule has 1 saturated heterocycles. The van der Waals surface area contributed by atoms with E-state index in [-0.39, 0.29) is 29.7 Å². The molecule has 1 aliphatic heterocycles. The Morgan fingerprint density at radius 3 is 2.10 bits per heavy atom. The molecule has 1 amide bonds. The zero-order valence-corrected chi connectivity index (χ0v) is 35.4. The smallest absolute Gasteiger partial charge is 0.407 e. The van der Waals surface area contributed by atoms with Gasteiger partial charge in [-0.3, -0.25) is 14.4 Å². The molecule has 4 aliphatic rings. The van der Waals surface area contributed by atoms with Gasteiger partial charge in [0.1, 0.15) is 29.5 Å². The van der Waals surface area contributed by atoms with Crippen LogP contribution in [-0.2, 0) is 47.6 Å². The molecule has 6 N–H and O–H groups in total. The molecule has 0 unspecified atom stereocenters. The van der Waals surface area contributed by atoms with Crippen molar-refractivity contribution in [2.45, 2.75) is 148 Å². The molecule has 1 heterocycles. The van der Waals surface area contributed by atoms with Crippen molar-refractivity contribution in [1.82, 2.24) is 5.32 Å². The van der Waals surface area contributed by atoms with Gasteiger partial charge in [0.05, 0.1) is 41.7 Å². The molecule has 1 aromatic carbocycles. The van der Waals surface area contributed by atoms with Crippen molar-refractivity contribution >= 4 is 35.8 Å². The third-order valence-electron chi connectivity index (χ3n) is 12.6. The summed E-state index contributed by atoms with van der Waals surface area (Å²) in [7, 11) is 0. The van der Waals surface area contributed by atoms with Crippen molar-refractivity contribution < 1.29 is 72.5 Å². The molecule has 3 aliphatic carbocycles. The number of carbonyl (C=O) groups excluding carboxylic acids is 6. The van der Waals surface area contributed by atoms with Crippen molar-refractivity contribution in [2.24, 2.45) is 28.4 Å². The van der Waals surface area contributed by atoms with E-state index in [9.17, 15) is 39.3 Å². The van der Waals surface area contributed by atoms with Crippen LogP contribution in [0.3, 0.4) is 0 Å². The van der Waals surface area contributed by atoms with E-state index in [1.165, 1.54) is 39.8 Å². The lowest BCUT2D eigenvalue weighted by Crippen LogP contribution is -2.84. The van der Waals surface area contributed by atoms with Gasteiger partial charge in [0, 0.05) is 25.7 Å². The first-order valence-corrected chi connectivity index (χ1v) is 19.7. The van der Waals surface area contributed by atoms with Crippen LogP contribution in [0.5, 0.6) is 0 Å². The van der Waals surface area contributed by atoms with Crippen molar-refractivity contribution in [3.05, 3.63) is 47.0 Å². The minimum atomic E-state index is -2.64. The monoisotopic (exact) mass is 830 g/mol. The number of fused-ring (bicyclic) bond motifs is 5.